The molecule has 0 bridgehead atoms. The van der Waals surface area contributed by atoms with Crippen molar-refractivity contribution in [1.82, 2.24) is 14.9 Å². The zero-order valence-corrected chi connectivity index (χ0v) is 20.1. The molecule has 0 aliphatic carbocycles. The minimum Gasteiger partial charge on any atom is -0.345 e. The number of Topliss-reactive ketones (excluding diaryl/α,β-unsaturated/α-hetero) is 1. The topological polar surface area (TPSA) is 75.5 Å². The van der Waals surface area contributed by atoms with Gasteiger partial charge >= 0.3 is 0 Å². The van der Waals surface area contributed by atoms with Crippen LogP contribution in [0.25, 0.3) is 11.1 Å². The van der Waals surface area contributed by atoms with Crippen LogP contribution >= 0.6 is 0 Å². The van der Waals surface area contributed by atoms with Crippen LogP contribution in [0.4, 0.5) is 0 Å². The average Bonchev–Trinajstić information content (AvgIpc) is 2.73. The second-order valence-electron chi connectivity index (χ2n) is 8.75. The fourth-order valence-electron chi connectivity index (χ4n) is 3.35. The second kappa shape index (κ2) is 10.3. The molecule has 168 valence electrons. The van der Waals surface area contributed by atoms with Gasteiger partial charge in [0, 0.05) is 56.3 Å². The molecule has 0 fully saturated rings. The third-order valence-corrected chi connectivity index (χ3v) is 5.36. The molecule has 0 aliphatic rings. The molecule has 2 aromatic rings. The minimum atomic E-state index is -0.657. The highest BCUT2D eigenvalue weighted by Crippen LogP contribution is 2.32. The first-order chi connectivity index (χ1) is 14.9. The van der Waals surface area contributed by atoms with E-state index in [9.17, 15) is 9.59 Å². The van der Waals surface area contributed by atoms with Crippen molar-refractivity contribution in [3.63, 3.8) is 0 Å². The number of rotatable bonds is 8. The molecular weight excluding hydrogens is 400 g/mol. The first-order valence-corrected chi connectivity index (χ1v) is 10.5. The maximum atomic E-state index is 13.1. The van der Waals surface area contributed by atoms with Crippen molar-refractivity contribution in [1.29, 1.82) is 0 Å². The Morgan fingerprint density at radius 2 is 1.75 bits per heavy atom. The molecular formula is C26H32N4O2. The normalized spacial score (nSPS) is 12.2. The number of nitrogens with zero attached hydrogens (tertiary/aromatic N) is 4. The second-order valence-corrected chi connectivity index (χ2v) is 8.75. The van der Waals surface area contributed by atoms with Gasteiger partial charge in [-0.25, -0.2) is 9.97 Å². The van der Waals surface area contributed by atoms with Crippen LogP contribution in [-0.2, 0) is 15.0 Å². The molecule has 0 aliphatic heterocycles. The predicted molar refractivity (Wildman–Crippen MR) is 130 cm³/mol. The highest BCUT2D eigenvalue weighted by atomic mass is 16.2. The Labute approximate surface area is 190 Å². The number of amides is 1. The van der Waals surface area contributed by atoms with Gasteiger partial charge in [0.2, 0.25) is 0 Å². The van der Waals surface area contributed by atoms with Crippen LogP contribution in [0.15, 0.2) is 59.5 Å². The van der Waals surface area contributed by atoms with Gasteiger partial charge in [0.25, 0.3) is 5.91 Å². The number of ketones is 1. The van der Waals surface area contributed by atoms with E-state index in [1.165, 1.54) is 11.1 Å². The van der Waals surface area contributed by atoms with Gasteiger partial charge in [0.15, 0.2) is 0 Å². The van der Waals surface area contributed by atoms with E-state index in [0.717, 1.165) is 33.7 Å². The molecule has 0 radical (unpaired) electrons. The van der Waals surface area contributed by atoms with Crippen LogP contribution in [0.2, 0.25) is 0 Å². The lowest BCUT2D eigenvalue weighted by atomic mass is 9.76. The van der Waals surface area contributed by atoms with E-state index in [1.54, 1.807) is 20.3 Å². The van der Waals surface area contributed by atoms with E-state index in [4.69, 9.17) is 0 Å². The summed E-state index contributed by atoms with van der Waals surface area (Å²) in [6, 6.07) is 6.08. The van der Waals surface area contributed by atoms with E-state index in [2.05, 4.69) is 27.6 Å². The molecule has 1 amide bonds. The molecule has 0 spiro atoms. The van der Waals surface area contributed by atoms with Crippen molar-refractivity contribution >= 4 is 17.9 Å². The van der Waals surface area contributed by atoms with Crippen molar-refractivity contribution in [3.8, 4) is 11.1 Å². The molecule has 1 aromatic carbocycles. The number of allylic oxidation sites excluding steroid dienone is 1. The smallest absolute Gasteiger partial charge is 0.254 e. The van der Waals surface area contributed by atoms with Crippen LogP contribution in [0.1, 0.15) is 44.1 Å². The number of hydrogen-bond acceptors (Lipinski definition) is 5. The molecule has 0 saturated heterocycles. The predicted octanol–water partition coefficient (Wildman–Crippen LogP) is 4.62. The Bertz CT molecular complexity index is 1080. The van der Waals surface area contributed by atoms with Crippen molar-refractivity contribution in [3.05, 3.63) is 71.5 Å². The van der Waals surface area contributed by atoms with Crippen LogP contribution in [0.5, 0.6) is 0 Å². The van der Waals surface area contributed by atoms with Crippen molar-refractivity contribution in [2.45, 2.75) is 46.5 Å². The van der Waals surface area contributed by atoms with Gasteiger partial charge in [-0.2, -0.15) is 0 Å². The molecule has 6 heteroatoms. The molecule has 0 unspecified atom stereocenters. The first kappa shape index (κ1) is 24.9. The quantitative estimate of drug-likeness (QED) is 0.451. The van der Waals surface area contributed by atoms with Crippen molar-refractivity contribution in [2.24, 2.45) is 4.99 Å². The van der Waals surface area contributed by atoms with E-state index < -0.39 is 5.41 Å². The lowest BCUT2D eigenvalue weighted by Crippen LogP contribution is -2.30. The van der Waals surface area contributed by atoms with E-state index >= 15 is 0 Å². The summed E-state index contributed by atoms with van der Waals surface area (Å²) in [5, 5.41) is 0. The standard InChI is InChI=1S/C26H32N4O2/c1-17(13-27-14-19(3)25(32)30(7)8)11-24(31)26(5,6)23-10-9-21(12-18(23)2)22-15-28-20(4)29-16-22/h9-10,12-16H,3,11H2,1-2,4-8H3/b17-13+,27-14?. The van der Waals surface area contributed by atoms with Crippen LogP contribution < -0.4 is 0 Å². The Kier molecular flexibility index (Phi) is 7.97. The van der Waals surface area contributed by atoms with Gasteiger partial charge in [-0.3, -0.25) is 14.6 Å². The largest absolute Gasteiger partial charge is 0.345 e. The zero-order valence-electron chi connectivity index (χ0n) is 20.1. The average molecular weight is 433 g/mol. The van der Waals surface area contributed by atoms with Gasteiger partial charge < -0.3 is 4.90 Å². The summed E-state index contributed by atoms with van der Waals surface area (Å²) < 4.78 is 0. The Hall–Kier alpha value is -3.41. The number of aromatic nitrogens is 2. The number of benzene rings is 1. The first-order valence-electron chi connectivity index (χ1n) is 10.5. The summed E-state index contributed by atoms with van der Waals surface area (Å²) >= 11 is 0. The fourth-order valence-corrected chi connectivity index (χ4v) is 3.35. The number of carbonyl (C=O) groups is 2. The van der Waals surface area contributed by atoms with E-state index in [1.807, 2.05) is 59.1 Å². The SMILES string of the molecule is C=C(C=N/C=C(\C)CC(=O)C(C)(C)c1ccc(-c2cnc(C)nc2)cc1C)C(=O)N(C)C. The highest BCUT2D eigenvalue weighted by molar-refractivity contribution is 6.11. The van der Waals surface area contributed by atoms with Gasteiger partial charge in [-0.1, -0.05) is 24.8 Å². The Balaban J connectivity index is 2.15. The number of hydrogen-bond donors (Lipinski definition) is 0. The van der Waals surface area contributed by atoms with E-state index in [-0.39, 0.29) is 18.1 Å². The number of aryl methyl sites for hydroxylation is 2. The molecule has 2 rings (SSSR count). The van der Waals surface area contributed by atoms with Gasteiger partial charge in [0.05, 0.1) is 5.57 Å². The Morgan fingerprint density at radius 3 is 2.31 bits per heavy atom. The summed E-state index contributed by atoms with van der Waals surface area (Å²) in [7, 11) is 3.32. The molecule has 0 atom stereocenters. The van der Waals surface area contributed by atoms with Gasteiger partial charge in [-0.15, -0.1) is 0 Å². The van der Waals surface area contributed by atoms with Crippen LogP contribution in [0, 0.1) is 13.8 Å². The lowest BCUT2D eigenvalue weighted by Gasteiger charge is -2.26. The van der Waals surface area contributed by atoms with Crippen LogP contribution in [0.3, 0.4) is 0 Å². The molecule has 1 heterocycles. The summed E-state index contributed by atoms with van der Waals surface area (Å²) in [4.78, 5) is 39.0. The lowest BCUT2D eigenvalue weighted by molar-refractivity contribution is -0.124. The number of carbonyl (C=O) groups excluding carboxylic acids is 2. The molecule has 0 N–H and O–H groups in total. The van der Waals surface area contributed by atoms with Crippen molar-refractivity contribution < 1.29 is 9.59 Å². The highest BCUT2D eigenvalue weighted by Gasteiger charge is 2.30. The summed E-state index contributed by atoms with van der Waals surface area (Å²) in [5.41, 5.74) is 4.44. The van der Waals surface area contributed by atoms with E-state index in [0.29, 0.717) is 5.57 Å². The third-order valence-electron chi connectivity index (χ3n) is 5.36. The summed E-state index contributed by atoms with van der Waals surface area (Å²) in [6.45, 7) is 13.3. The van der Waals surface area contributed by atoms with Gasteiger partial charge in [-0.05, 0) is 56.9 Å². The molecule has 32 heavy (non-hydrogen) atoms. The Morgan fingerprint density at radius 1 is 1.12 bits per heavy atom. The minimum absolute atomic E-state index is 0.0964. The van der Waals surface area contributed by atoms with Gasteiger partial charge in [0.1, 0.15) is 11.6 Å². The summed E-state index contributed by atoms with van der Waals surface area (Å²) in [6.07, 6.45) is 6.91. The third kappa shape index (κ3) is 6.06. The maximum absolute atomic E-state index is 13.1. The maximum Gasteiger partial charge on any atom is 0.254 e. The molecule has 6 nitrogen and oxygen atoms in total. The molecule has 0 saturated carbocycles. The monoisotopic (exact) mass is 432 g/mol. The number of likely N-dealkylation sites (N-methyl/N-ethyl adjacent to an activating group) is 1. The zero-order chi connectivity index (χ0) is 24.1. The molecule has 1 aromatic heterocycles. The summed E-state index contributed by atoms with van der Waals surface area (Å²) in [5.74, 6) is 0.627. The fraction of sp³-hybridized carbons (Fsp3) is 0.346. The van der Waals surface area contributed by atoms with Crippen LogP contribution in [-0.4, -0.2) is 46.9 Å². The number of aliphatic imine (C=N–C) groups is 1. The van der Waals surface area contributed by atoms with Crippen molar-refractivity contribution in [2.75, 3.05) is 14.1 Å².